The van der Waals surface area contributed by atoms with Crippen molar-refractivity contribution in [3.63, 3.8) is 0 Å². The summed E-state index contributed by atoms with van der Waals surface area (Å²) >= 11 is 0. The Morgan fingerprint density at radius 3 is 2.52 bits per heavy atom. The van der Waals surface area contributed by atoms with Crippen molar-refractivity contribution in [1.82, 2.24) is 0 Å². The van der Waals surface area contributed by atoms with E-state index in [1.54, 1.807) is 30.3 Å². The predicted octanol–water partition coefficient (Wildman–Crippen LogP) is 4.11. The number of nitrogens with one attached hydrogen (secondary N) is 1. The van der Waals surface area contributed by atoms with Gasteiger partial charge in [-0.2, -0.15) is 8.78 Å². The van der Waals surface area contributed by atoms with Crippen LogP contribution in [0.5, 0.6) is 17.2 Å². The Kier molecular flexibility index (Phi) is 6.33. The number of methoxy groups -OCH3 is 1. The minimum atomic E-state index is -3.00. The first-order valence-electron chi connectivity index (χ1n) is 7.31. The molecule has 1 amide bonds. The fourth-order valence-electron chi connectivity index (χ4n) is 2.00. The highest BCUT2D eigenvalue weighted by molar-refractivity contribution is 6.04. The largest absolute Gasteiger partial charge is 0.493 e. The van der Waals surface area contributed by atoms with Crippen molar-refractivity contribution in [2.75, 3.05) is 19.0 Å². The van der Waals surface area contributed by atoms with Crippen LogP contribution in [0.15, 0.2) is 55.1 Å². The number of halogens is 2. The van der Waals surface area contributed by atoms with Gasteiger partial charge in [-0.25, -0.2) is 0 Å². The highest BCUT2D eigenvalue weighted by Gasteiger charge is 2.13. The second kappa shape index (κ2) is 8.68. The Morgan fingerprint density at radius 1 is 1.20 bits per heavy atom. The van der Waals surface area contributed by atoms with Gasteiger partial charge in [-0.1, -0.05) is 12.7 Å². The Balaban J connectivity index is 2.10. The molecule has 1 N–H and O–H groups in total. The number of anilines is 1. The minimum absolute atomic E-state index is 0.141. The molecule has 0 saturated carbocycles. The lowest BCUT2D eigenvalue weighted by molar-refractivity contribution is -0.0511. The topological polar surface area (TPSA) is 56.8 Å². The summed E-state index contributed by atoms with van der Waals surface area (Å²) in [7, 11) is 1.34. The first kappa shape index (κ1) is 18.3. The number of carbonyl (C=O) groups excluding carboxylic acids is 1. The highest BCUT2D eigenvalue weighted by Crippen LogP contribution is 2.31. The van der Waals surface area contributed by atoms with Gasteiger partial charge in [-0.05, 0) is 36.4 Å². The third-order valence-corrected chi connectivity index (χ3v) is 3.12. The molecule has 2 rings (SSSR count). The summed E-state index contributed by atoms with van der Waals surface area (Å²) in [5, 5.41) is 2.61. The molecule has 0 atom stereocenters. The lowest BCUT2D eigenvalue weighted by Crippen LogP contribution is -2.12. The molecule has 0 saturated heterocycles. The summed E-state index contributed by atoms with van der Waals surface area (Å²) in [5.41, 5.74) is 0.687. The molecule has 7 heteroatoms. The summed E-state index contributed by atoms with van der Waals surface area (Å²) in [6.45, 7) is 0.919. The lowest BCUT2D eigenvalue weighted by atomic mass is 10.2. The maximum Gasteiger partial charge on any atom is 0.387 e. The van der Waals surface area contributed by atoms with Crippen molar-refractivity contribution in [3.05, 3.63) is 60.7 Å². The quantitative estimate of drug-likeness (QED) is 0.729. The molecule has 0 aromatic heterocycles. The summed E-state index contributed by atoms with van der Waals surface area (Å²) in [6, 6.07) is 10.7. The number of carbonyl (C=O) groups is 1. The number of rotatable bonds is 8. The van der Waals surface area contributed by atoms with E-state index in [4.69, 9.17) is 9.47 Å². The minimum Gasteiger partial charge on any atom is -0.493 e. The normalized spacial score (nSPS) is 10.2. The lowest BCUT2D eigenvalue weighted by Gasteiger charge is -2.12. The molecule has 2 aromatic rings. The van der Waals surface area contributed by atoms with E-state index in [1.165, 1.54) is 25.3 Å². The van der Waals surface area contributed by atoms with Gasteiger partial charge in [0.25, 0.3) is 5.91 Å². The molecule has 0 fully saturated rings. The Labute approximate surface area is 143 Å². The van der Waals surface area contributed by atoms with Crippen LogP contribution in [0.3, 0.4) is 0 Å². The van der Waals surface area contributed by atoms with E-state index in [-0.39, 0.29) is 11.5 Å². The zero-order chi connectivity index (χ0) is 18.2. The summed E-state index contributed by atoms with van der Waals surface area (Å²) in [4.78, 5) is 12.2. The summed E-state index contributed by atoms with van der Waals surface area (Å²) < 4.78 is 39.5. The molecular formula is C18H17F2NO4. The number of hydrogen-bond acceptors (Lipinski definition) is 4. The maximum absolute atomic E-state index is 12.4. The van der Waals surface area contributed by atoms with Crippen molar-refractivity contribution in [1.29, 1.82) is 0 Å². The number of alkyl halides is 2. The molecule has 132 valence electrons. The van der Waals surface area contributed by atoms with Gasteiger partial charge in [-0.15, -0.1) is 0 Å². The number of ether oxygens (including phenoxy) is 3. The molecule has 0 heterocycles. The van der Waals surface area contributed by atoms with Crippen molar-refractivity contribution in [2.45, 2.75) is 6.61 Å². The van der Waals surface area contributed by atoms with Crippen LogP contribution < -0.4 is 19.5 Å². The molecule has 0 spiro atoms. The van der Waals surface area contributed by atoms with Gasteiger partial charge in [0.1, 0.15) is 12.4 Å². The van der Waals surface area contributed by atoms with Crippen LogP contribution in [0.1, 0.15) is 10.4 Å². The molecule has 25 heavy (non-hydrogen) atoms. The van der Waals surface area contributed by atoms with Crippen molar-refractivity contribution < 1.29 is 27.8 Å². The molecule has 0 radical (unpaired) electrons. The molecule has 0 unspecified atom stereocenters. The van der Waals surface area contributed by atoms with Crippen LogP contribution in [-0.2, 0) is 0 Å². The van der Waals surface area contributed by atoms with Crippen molar-refractivity contribution >= 4 is 11.6 Å². The van der Waals surface area contributed by atoms with E-state index in [9.17, 15) is 13.6 Å². The first-order chi connectivity index (χ1) is 12.0. The average molecular weight is 349 g/mol. The molecule has 2 aromatic carbocycles. The summed E-state index contributed by atoms with van der Waals surface area (Å²) in [5.74, 6) is 0.183. The van der Waals surface area contributed by atoms with Crippen LogP contribution in [0, 0.1) is 0 Å². The zero-order valence-corrected chi connectivity index (χ0v) is 13.5. The van der Waals surface area contributed by atoms with Gasteiger partial charge >= 0.3 is 6.61 Å². The van der Waals surface area contributed by atoms with E-state index < -0.39 is 12.5 Å². The van der Waals surface area contributed by atoms with E-state index in [0.29, 0.717) is 23.6 Å². The molecule has 0 aliphatic heterocycles. The van der Waals surface area contributed by atoms with Gasteiger partial charge in [0.15, 0.2) is 11.5 Å². The van der Waals surface area contributed by atoms with Gasteiger partial charge < -0.3 is 19.5 Å². The fourth-order valence-corrected chi connectivity index (χ4v) is 2.00. The van der Waals surface area contributed by atoms with Crippen molar-refractivity contribution in [3.8, 4) is 17.2 Å². The van der Waals surface area contributed by atoms with Crippen LogP contribution >= 0.6 is 0 Å². The van der Waals surface area contributed by atoms with Crippen LogP contribution in [-0.4, -0.2) is 26.2 Å². The molecule has 0 aliphatic rings. The van der Waals surface area contributed by atoms with Crippen LogP contribution in [0.2, 0.25) is 0 Å². The zero-order valence-electron chi connectivity index (χ0n) is 13.5. The second-order valence-corrected chi connectivity index (χ2v) is 4.82. The fraction of sp³-hybridized carbons (Fsp3) is 0.167. The Bertz CT molecular complexity index is 732. The number of hydrogen-bond donors (Lipinski definition) is 1. The number of amides is 1. The smallest absolute Gasteiger partial charge is 0.387 e. The standard InChI is InChI=1S/C18H17F2NO4/c1-3-10-24-14-7-4-12(5-8-14)17(22)21-13-6-9-15(23-2)16(11-13)25-18(19)20/h3-9,11,18H,1,10H2,2H3,(H,21,22). The average Bonchev–Trinajstić information content (AvgIpc) is 2.60. The molecule has 5 nitrogen and oxygen atoms in total. The Hall–Kier alpha value is -3.09. The monoisotopic (exact) mass is 349 g/mol. The second-order valence-electron chi connectivity index (χ2n) is 4.82. The van der Waals surface area contributed by atoms with E-state index in [0.717, 1.165) is 0 Å². The Morgan fingerprint density at radius 2 is 1.92 bits per heavy atom. The number of benzene rings is 2. The van der Waals surface area contributed by atoms with E-state index in [1.807, 2.05) is 0 Å². The molecule has 0 aliphatic carbocycles. The van der Waals surface area contributed by atoms with Gasteiger partial charge in [0.05, 0.1) is 7.11 Å². The SMILES string of the molecule is C=CCOc1ccc(C(=O)Nc2ccc(OC)c(OC(F)F)c2)cc1. The summed E-state index contributed by atoms with van der Waals surface area (Å²) in [6.07, 6.45) is 1.61. The predicted molar refractivity (Wildman–Crippen MR) is 89.7 cm³/mol. The highest BCUT2D eigenvalue weighted by atomic mass is 19.3. The van der Waals surface area contributed by atoms with Crippen LogP contribution in [0.4, 0.5) is 14.5 Å². The molecule has 0 bridgehead atoms. The molecular weight excluding hydrogens is 332 g/mol. The van der Waals surface area contributed by atoms with E-state index >= 15 is 0 Å². The van der Waals surface area contributed by atoms with Crippen molar-refractivity contribution in [2.24, 2.45) is 0 Å². The van der Waals surface area contributed by atoms with Gasteiger partial charge in [-0.3, -0.25) is 4.79 Å². The maximum atomic E-state index is 12.4. The first-order valence-corrected chi connectivity index (χ1v) is 7.31. The van der Waals surface area contributed by atoms with Crippen LogP contribution in [0.25, 0.3) is 0 Å². The van der Waals surface area contributed by atoms with E-state index in [2.05, 4.69) is 16.6 Å². The third kappa shape index (κ3) is 5.20. The third-order valence-electron chi connectivity index (χ3n) is 3.12. The van der Waals surface area contributed by atoms with Gasteiger partial charge in [0, 0.05) is 17.3 Å². The van der Waals surface area contributed by atoms with Gasteiger partial charge in [0.2, 0.25) is 0 Å².